The fraction of sp³-hybridized carbons (Fsp3) is 0.130. The van der Waals surface area contributed by atoms with Gasteiger partial charge in [0.1, 0.15) is 11.7 Å². The summed E-state index contributed by atoms with van der Waals surface area (Å²) in [5, 5.41) is 11.3. The van der Waals surface area contributed by atoms with Gasteiger partial charge in [0.15, 0.2) is 6.10 Å². The molecule has 2 aliphatic rings. The summed E-state index contributed by atoms with van der Waals surface area (Å²) < 4.78 is 0. The fourth-order valence-electron chi connectivity index (χ4n) is 4.06. The molecule has 6 nitrogen and oxygen atoms in total. The van der Waals surface area contributed by atoms with Gasteiger partial charge >= 0.3 is 0 Å². The van der Waals surface area contributed by atoms with Crippen LogP contribution in [0.5, 0.6) is 5.75 Å². The minimum atomic E-state index is -0.901. The number of anilines is 2. The number of benzene rings is 3. The Kier molecular flexibility index (Phi) is 4.07. The Hall–Kier alpha value is -3.64. The average Bonchev–Trinajstić information content (AvgIpc) is 3.26. The molecular weight excluding hydrogens is 368 g/mol. The zero-order chi connectivity index (χ0) is 20.0. The molecule has 0 unspecified atom stereocenters. The Labute approximate surface area is 167 Å². The molecule has 0 radical (unpaired) electrons. The van der Waals surface area contributed by atoms with Gasteiger partial charge in [-0.15, -0.1) is 0 Å². The molecule has 1 N–H and O–H groups in total. The topological polar surface area (TPSA) is 70.1 Å². The predicted octanol–water partition coefficient (Wildman–Crippen LogP) is 3.44. The minimum Gasteiger partial charge on any atom is -0.508 e. The van der Waals surface area contributed by atoms with Crippen molar-refractivity contribution in [3.63, 3.8) is 0 Å². The first-order chi connectivity index (χ1) is 14.1. The summed E-state index contributed by atoms with van der Waals surface area (Å²) in [7, 11) is 0. The third-order valence-electron chi connectivity index (χ3n) is 5.38. The number of fused-ring (bicyclic) bond motifs is 1. The Morgan fingerprint density at radius 3 is 1.93 bits per heavy atom. The molecule has 0 saturated carbocycles. The largest absolute Gasteiger partial charge is 0.508 e. The lowest BCUT2D eigenvalue weighted by Crippen LogP contribution is -2.37. The predicted molar refractivity (Wildman–Crippen MR) is 107 cm³/mol. The van der Waals surface area contributed by atoms with Crippen molar-refractivity contribution in [3.05, 3.63) is 90.5 Å². The average molecular weight is 386 g/mol. The van der Waals surface area contributed by atoms with Crippen LogP contribution in [0.1, 0.15) is 11.6 Å². The molecular formula is C23H18N2O4. The molecule has 2 saturated heterocycles. The summed E-state index contributed by atoms with van der Waals surface area (Å²) in [5.74, 6) is -1.21. The van der Waals surface area contributed by atoms with Gasteiger partial charge in [0.25, 0.3) is 5.91 Å². The minimum absolute atomic E-state index is 0.134. The van der Waals surface area contributed by atoms with E-state index in [4.69, 9.17) is 4.84 Å². The highest BCUT2D eigenvalue weighted by molar-refractivity contribution is 6.23. The molecule has 2 aliphatic heterocycles. The molecule has 0 bridgehead atoms. The van der Waals surface area contributed by atoms with E-state index in [0.717, 1.165) is 11.3 Å². The van der Waals surface area contributed by atoms with Crippen LogP contribution in [0.2, 0.25) is 0 Å². The molecule has 6 heteroatoms. The van der Waals surface area contributed by atoms with E-state index in [1.807, 2.05) is 36.4 Å². The summed E-state index contributed by atoms with van der Waals surface area (Å²) in [6.07, 6.45) is -0.901. The Bertz CT molecular complexity index is 1050. The number of carbonyl (C=O) groups is 2. The molecule has 5 rings (SSSR count). The van der Waals surface area contributed by atoms with E-state index < -0.39 is 18.1 Å². The lowest BCUT2D eigenvalue weighted by atomic mass is 9.90. The second-order valence-electron chi connectivity index (χ2n) is 7.10. The number of phenolic OH excluding ortho intramolecular Hbond substituents is 1. The van der Waals surface area contributed by atoms with Gasteiger partial charge in [-0.3, -0.25) is 14.4 Å². The van der Waals surface area contributed by atoms with Crippen molar-refractivity contribution >= 4 is 23.2 Å². The van der Waals surface area contributed by atoms with Crippen LogP contribution < -0.4 is 9.96 Å². The third kappa shape index (κ3) is 2.77. The number of nitrogens with zero attached hydrogens (tertiary/aromatic N) is 2. The fourth-order valence-corrected chi connectivity index (χ4v) is 4.06. The second kappa shape index (κ2) is 6.76. The zero-order valence-corrected chi connectivity index (χ0v) is 15.4. The summed E-state index contributed by atoms with van der Waals surface area (Å²) >= 11 is 0. The molecule has 2 heterocycles. The maximum absolute atomic E-state index is 13.4. The van der Waals surface area contributed by atoms with E-state index in [0.29, 0.717) is 5.69 Å². The highest BCUT2D eigenvalue weighted by Crippen LogP contribution is 2.47. The van der Waals surface area contributed by atoms with Crippen LogP contribution in [0.4, 0.5) is 11.4 Å². The summed E-state index contributed by atoms with van der Waals surface area (Å²) in [6.45, 7) is 0. The van der Waals surface area contributed by atoms with Crippen LogP contribution in [0, 0.1) is 5.92 Å². The van der Waals surface area contributed by atoms with Crippen molar-refractivity contribution in [3.8, 4) is 5.75 Å². The SMILES string of the molecule is O=C1[C@@H]2[C@@H](ON(c3ccccc3)[C@H]2c2ccc(O)cc2)C(=O)N1c1ccccc1. The second-order valence-corrected chi connectivity index (χ2v) is 7.10. The van der Waals surface area contributed by atoms with Crippen molar-refractivity contribution in [1.82, 2.24) is 0 Å². The first-order valence-corrected chi connectivity index (χ1v) is 9.38. The first kappa shape index (κ1) is 17.5. The molecule has 0 spiro atoms. The Balaban J connectivity index is 1.59. The van der Waals surface area contributed by atoms with Crippen molar-refractivity contribution in [1.29, 1.82) is 0 Å². The van der Waals surface area contributed by atoms with Gasteiger partial charge in [0, 0.05) is 0 Å². The molecule has 3 atom stereocenters. The number of hydrogen-bond donors (Lipinski definition) is 1. The molecule has 0 aliphatic carbocycles. The first-order valence-electron chi connectivity index (χ1n) is 9.38. The number of hydroxylamine groups is 1. The van der Waals surface area contributed by atoms with Gasteiger partial charge in [0.05, 0.1) is 17.4 Å². The Morgan fingerprint density at radius 2 is 1.31 bits per heavy atom. The summed E-state index contributed by atoms with van der Waals surface area (Å²) in [4.78, 5) is 33.8. The molecule has 3 aromatic carbocycles. The van der Waals surface area contributed by atoms with Gasteiger partial charge in [-0.25, -0.2) is 9.96 Å². The Morgan fingerprint density at radius 1 is 0.724 bits per heavy atom. The third-order valence-corrected chi connectivity index (χ3v) is 5.38. The van der Waals surface area contributed by atoms with E-state index in [2.05, 4.69) is 0 Å². The van der Waals surface area contributed by atoms with Gasteiger partial charge in [-0.05, 0) is 42.0 Å². The van der Waals surface area contributed by atoms with Crippen LogP contribution in [-0.4, -0.2) is 23.0 Å². The van der Waals surface area contributed by atoms with Crippen molar-refractivity contribution in [2.75, 3.05) is 9.96 Å². The molecule has 2 amide bonds. The van der Waals surface area contributed by atoms with Crippen LogP contribution >= 0.6 is 0 Å². The van der Waals surface area contributed by atoms with Gasteiger partial charge in [-0.1, -0.05) is 48.5 Å². The molecule has 144 valence electrons. The van der Waals surface area contributed by atoms with E-state index in [-0.39, 0.29) is 17.6 Å². The number of carbonyl (C=O) groups excluding carboxylic acids is 2. The maximum atomic E-state index is 13.4. The number of amides is 2. The van der Waals surface area contributed by atoms with Crippen LogP contribution in [0.25, 0.3) is 0 Å². The highest BCUT2D eigenvalue weighted by Gasteiger charge is 2.60. The summed E-state index contributed by atoms with van der Waals surface area (Å²) in [6, 6.07) is 24.4. The monoisotopic (exact) mass is 386 g/mol. The van der Waals surface area contributed by atoms with Crippen LogP contribution in [0.15, 0.2) is 84.9 Å². The van der Waals surface area contributed by atoms with Crippen molar-refractivity contribution in [2.45, 2.75) is 12.1 Å². The normalized spacial score (nSPS) is 23.5. The van der Waals surface area contributed by atoms with E-state index in [1.54, 1.807) is 53.6 Å². The number of hydrogen-bond acceptors (Lipinski definition) is 5. The van der Waals surface area contributed by atoms with Crippen LogP contribution in [0.3, 0.4) is 0 Å². The maximum Gasteiger partial charge on any atom is 0.266 e. The van der Waals surface area contributed by atoms with Gasteiger partial charge < -0.3 is 5.11 Å². The van der Waals surface area contributed by atoms with E-state index in [9.17, 15) is 14.7 Å². The van der Waals surface area contributed by atoms with Gasteiger partial charge in [0.2, 0.25) is 5.91 Å². The smallest absolute Gasteiger partial charge is 0.266 e. The number of rotatable bonds is 3. The molecule has 0 aromatic heterocycles. The van der Waals surface area contributed by atoms with Crippen molar-refractivity contribution in [2.24, 2.45) is 5.92 Å². The lowest BCUT2D eigenvalue weighted by molar-refractivity contribution is -0.126. The highest BCUT2D eigenvalue weighted by atomic mass is 16.7. The van der Waals surface area contributed by atoms with Crippen LogP contribution in [-0.2, 0) is 14.4 Å². The van der Waals surface area contributed by atoms with E-state index >= 15 is 0 Å². The molecule has 2 fully saturated rings. The van der Waals surface area contributed by atoms with Crippen molar-refractivity contribution < 1.29 is 19.5 Å². The lowest BCUT2D eigenvalue weighted by Gasteiger charge is -2.28. The quantitative estimate of drug-likeness (QED) is 0.699. The van der Waals surface area contributed by atoms with Gasteiger partial charge in [-0.2, -0.15) is 0 Å². The number of aromatic hydroxyl groups is 1. The van der Waals surface area contributed by atoms with E-state index in [1.165, 1.54) is 4.90 Å². The zero-order valence-electron chi connectivity index (χ0n) is 15.4. The number of imide groups is 1. The number of phenols is 1. The molecule has 3 aromatic rings. The molecule has 29 heavy (non-hydrogen) atoms. The standard InChI is InChI=1S/C23H18N2O4/c26-18-13-11-15(12-14-18)20-19-21(29-25(20)17-9-5-2-6-10-17)23(28)24(22(19)27)16-7-3-1-4-8-16/h1-14,19-21,26H/t19-,20-,21+/m0/s1. The summed E-state index contributed by atoms with van der Waals surface area (Å²) in [5.41, 5.74) is 2.08. The number of para-hydroxylation sites is 2.